The van der Waals surface area contributed by atoms with Gasteiger partial charge in [-0.05, 0) is 56.4 Å². The van der Waals surface area contributed by atoms with Crippen LogP contribution in [0.4, 0.5) is 4.39 Å². The van der Waals surface area contributed by atoms with Gasteiger partial charge in [0.25, 0.3) is 5.91 Å². The molecule has 0 spiro atoms. The molecule has 2 aromatic rings. The van der Waals surface area contributed by atoms with E-state index in [4.69, 9.17) is 5.73 Å². The zero-order chi connectivity index (χ0) is 20.3. The Morgan fingerprint density at radius 3 is 2.55 bits per heavy atom. The fourth-order valence-corrected chi connectivity index (χ4v) is 3.12. The minimum atomic E-state index is -0.919. The maximum Gasteiger partial charge on any atom is 0.271 e. The summed E-state index contributed by atoms with van der Waals surface area (Å²) < 4.78 is 12.8. The maximum atomic E-state index is 12.8. The zero-order valence-corrected chi connectivity index (χ0v) is 17.5. The van der Waals surface area contributed by atoms with Crippen molar-refractivity contribution in [2.75, 3.05) is 19.6 Å². The predicted molar refractivity (Wildman–Crippen MR) is 112 cm³/mol. The predicted octanol–water partition coefficient (Wildman–Crippen LogP) is 2.08. The lowest BCUT2D eigenvalue weighted by molar-refractivity contribution is -0.139. The molecule has 0 radical (unpaired) electrons. The Labute approximate surface area is 175 Å². The number of aryl methyl sites for hydroxylation is 2. The van der Waals surface area contributed by atoms with Gasteiger partial charge in [-0.3, -0.25) is 14.6 Å². The van der Waals surface area contributed by atoms with E-state index in [0.29, 0.717) is 31.3 Å². The van der Waals surface area contributed by atoms with Gasteiger partial charge in [-0.2, -0.15) is 0 Å². The Kier molecular flexibility index (Phi) is 7.87. The molecule has 0 aliphatic carbocycles. The number of fused-ring (bicyclic) bond motifs is 1. The van der Waals surface area contributed by atoms with Crippen molar-refractivity contribution in [2.24, 2.45) is 5.73 Å². The van der Waals surface area contributed by atoms with Crippen LogP contribution in [0.5, 0.6) is 0 Å². The minimum absolute atomic E-state index is 0. The molecule has 0 unspecified atom stereocenters. The summed E-state index contributed by atoms with van der Waals surface area (Å²) >= 11 is 0. The highest BCUT2D eigenvalue weighted by molar-refractivity contribution is 5.93. The van der Waals surface area contributed by atoms with Crippen LogP contribution in [0.2, 0.25) is 0 Å². The summed E-state index contributed by atoms with van der Waals surface area (Å²) in [6, 6.07) is 3.27. The van der Waals surface area contributed by atoms with Crippen molar-refractivity contribution in [2.45, 2.75) is 45.3 Å². The second-order valence-corrected chi connectivity index (χ2v) is 7.38. The minimum Gasteiger partial charge on any atom is -0.351 e. The van der Waals surface area contributed by atoms with Crippen molar-refractivity contribution >= 4 is 35.3 Å². The molecule has 9 heteroatoms. The number of carbonyl (C=O) groups is 2. The molecule has 2 amide bonds. The SMILES string of the molecule is Cc1cc2ncc(C(=O)NCCCC[C@H](N)C(=O)N3CC(F)C3)nc2cc1C.Cl. The Morgan fingerprint density at radius 1 is 1.24 bits per heavy atom. The summed E-state index contributed by atoms with van der Waals surface area (Å²) in [4.78, 5) is 34.4. The normalized spacial score (nSPS) is 14.8. The molecule has 1 aliphatic rings. The maximum absolute atomic E-state index is 12.8. The van der Waals surface area contributed by atoms with Crippen molar-refractivity contribution in [1.82, 2.24) is 20.2 Å². The number of amides is 2. The number of aromatic nitrogens is 2. The fourth-order valence-electron chi connectivity index (χ4n) is 3.12. The van der Waals surface area contributed by atoms with Crippen molar-refractivity contribution in [3.05, 3.63) is 35.2 Å². The van der Waals surface area contributed by atoms with Gasteiger partial charge >= 0.3 is 0 Å². The number of benzene rings is 1. The Hall–Kier alpha value is -2.32. The molecule has 3 N–H and O–H groups in total. The summed E-state index contributed by atoms with van der Waals surface area (Å²) in [7, 11) is 0. The topological polar surface area (TPSA) is 101 Å². The van der Waals surface area contributed by atoms with Crippen LogP contribution in [-0.4, -0.2) is 58.5 Å². The van der Waals surface area contributed by atoms with E-state index in [1.54, 1.807) is 0 Å². The van der Waals surface area contributed by atoms with E-state index in [1.165, 1.54) is 11.1 Å². The van der Waals surface area contributed by atoms with Crippen LogP contribution in [0.15, 0.2) is 18.3 Å². The molecule has 7 nitrogen and oxygen atoms in total. The first-order valence-corrected chi connectivity index (χ1v) is 9.56. The number of rotatable bonds is 7. The number of nitrogens with one attached hydrogen (secondary N) is 1. The third-order valence-electron chi connectivity index (χ3n) is 5.08. The van der Waals surface area contributed by atoms with Gasteiger partial charge in [-0.25, -0.2) is 9.37 Å². The number of carbonyl (C=O) groups excluding carboxylic acids is 2. The second-order valence-electron chi connectivity index (χ2n) is 7.38. The van der Waals surface area contributed by atoms with Crippen LogP contribution >= 0.6 is 12.4 Å². The summed E-state index contributed by atoms with van der Waals surface area (Å²) in [5.74, 6) is -0.475. The molecule has 1 aromatic carbocycles. The van der Waals surface area contributed by atoms with E-state index >= 15 is 0 Å². The quantitative estimate of drug-likeness (QED) is 0.664. The van der Waals surface area contributed by atoms with Gasteiger partial charge in [-0.1, -0.05) is 0 Å². The largest absolute Gasteiger partial charge is 0.351 e. The molecule has 0 bridgehead atoms. The summed E-state index contributed by atoms with van der Waals surface area (Å²) in [5, 5.41) is 2.82. The lowest BCUT2D eigenvalue weighted by Gasteiger charge is -2.36. The third kappa shape index (κ3) is 5.61. The van der Waals surface area contributed by atoms with Crippen molar-refractivity contribution in [3.8, 4) is 0 Å². The van der Waals surface area contributed by atoms with Crippen molar-refractivity contribution in [1.29, 1.82) is 0 Å². The van der Waals surface area contributed by atoms with Crippen LogP contribution in [0.25, 0.3) is 11.0 Å². The molecular weight excluding hydrogens is 397 g/mol. The molecule has 2 heterocycles. The highest BCUT2D eigenvalue weighted by Crippen LogP contribution is 2.16. The average molecular weight is 424 g/mol. The van der Waals surface area contributed by atoms with Crippen LogP contribution < -0.4 is 11.1 Å². The van der Waals surface area contributed by atoms with E-state index in [2.05, 4.69) is 15.3 Å². The van der Waals surface area contributed by atoms with E-state index in [-0.39, 0.29) is 43.0 Å². The Morgan fingerprint density at radius 2 is 1.90 bits per heavy atom. The van der Waals surface area contributed by atoms with Crippen molar-refractivity contribution < 1.29 is 14.0 Å². The lowest BCUT2D eigenvalue weighted by Crippen LogP contribution is -2.56. The number of hydrogen-bond donors (Lipinski definition) is 2. The first-order chi connectivity index (χ1) is 13.3. The summed E-state index contributed by atoms with van der Waals surface area (Å²) in [6.07, 6.45) is 2.46. The molecule has 0 saturated carbocycles. The Balaban J connectivity index is 0.00000300. The molecule has 29 heavy (non-hydrogen) atoms. The smallest absolute Gasteiger partial charge is 0.271 e. The number of alkyl halides is 1. The monoisotopic (exact) mass is 423 g/mol. The molecule has 1 aliphatic heterocycles. The van der Waals surface area contributed by atoms with Crippen LogP contribution in [0.1, 0.15) is 40.9 Å². The molecule has 1 aromatic heterocycles. The van der Waals surface area contributed by atoms with Gasteiger partial charge in [0, 0.05) is 6.54 Å². The molecule has 1 atom stereocenters. The number of likely N-dealkylation sites (tertiary alicyclic amines) is 1. The second kappa shape index (κ2) is 9.93. The number of halogens is 2. The first-order valence-electron chi connectivity index (χ1n) is 9.56. The molecular formula is C20H27ClFN5O2. The van der Waals surface area contributed by atoms with E-state index in [0.717, 1.165) is 16.6 Å². The van der Waals surface area contributed by atoms with Gasteiger partial charge < -0.3 is 16.0 Å². The van der Waals surface area contributed by atoms with Crippen LogP contribution in [0, 0.1) is 13.8 Å². The fraction of sp³-hybridized carbons (Fsp3) is 0.500. The Bertz CT molecular complexity index is 889. The summed E-state index contributed by atoms with van der Waals surface area (Å²) in [6.45, 7) is 4.76. The van der Waals surface area contributed by atoms with Gasteiger partial charge in [0.2, 0.25) is 5.91 Å². The van der Waals surface area contributed by atoms with Crippen LogP contribution in [0.3, 0.4) is 0 Å². The number of nitrogens with zero attached hydrogens (tertiary/aromatic N) is 3. The molecule has 3 rings (SSSR count). The molecule has 1 saturated heterocycles. The van der Waals surface area contributed by atoms with Gasteiger partial charge in [0.1, 0.15) is 11.9 Å². The van der Waals surface area contributed by atoms with Crippen molar-refractivity contribution in [3.63, 3.8) is 0 Å². The van der Waals surface area contributed by atoms with Gasteiger partial charge in [0.05, 0.1) is 36.4 Å². The van der Waals surface area contributed by atoms with Gasteiger partial charge in [0.15, 0.2) is 0 Å². The van der Waals surface area contributed by atoms with Gasteiger partial charge in [-0.15, -0.1) is 12.4 Å². The zero-order valence-electron chi connectivity index (χ0n) is 16.7. The number of nitrogens with two attached hydrogens (primary N) is 1. The third-order valence-corrected chi connectivity index (χ3v) is 5.08. The summed E-state index contributed by atoms with van der Waals surface area (Å²) in [5.41, 5.74) is 9.84. The van der Waals surface area contributed by atoms with Crippen LogP contribution in [-0.2, 0) is 4.79 Å². The highest BCUT2D eigenvalue weighted by atomic mass is 35.5. The average Bonchev–Trinajstić information content (AvgIpc) is 2.64. The van der Waals surface area contributed by atoms with E-state index in [1.807, 2.05) is 26.0 Å². The molecule has 1 fully saturated rings. The first kappa shape index (κ1) is 23.0. The lowest BCUT2D eigenvalue weighted by atomic mass is 10.1. The highest BCUT2D eigenvalue weighted by Gasteiger charge is 2.32. The van der Waals surface area contributed by atoms with E-state index < -0.39 is 12.2 Å². The molecule has 158 valence electrons. The van der Waals surface area contributed by atoms with E-state index in [9.17, 15) is 14.0 Å². The standard InChI is InChI=1S/C20H26FN5O2.ClH/c1-12-7-16-17(8-13(12)2)25-18(9-24-16)19(27)23-6-4-3-5-15(22)20(28)26-10-14(21)11-26;/h7-9,14-15H,3-6,10-11,22H2,1-2H3,(H,23,27);1H/t15-;/m0./s1. The number of hydrogen-bond acceptors (Lipinski definition) is 5. The number of unbranched alkanes of at least 4 members (excludes halogenated alkanes) is 1.